The van der Waals surface area contributed by atoms with E-state index in [0.717, 1.165) is 44.9 Å². The Kier molecular flexibility index (Phi) is 29.6. The van der Waals surface area contributed by atoms with Crippen LogP contribution in [0.3, 0.4) is 0 Å². The molecular formula is C43H80O14. The predicted octanol–water partition coefficient (Wildman–Crippen LogP) is 4.73. The van der Waals surface area contributed by atoms with Gasteiger partial charge >= 0.3 is 5.97 Å². The van der Waals surface area contributed by atoms with Crippen molar-refractivity contribution in [3.05, 3.63) is 12.2 Å². The van der Waals surface area contributed by atoms with E-state index in [1.54, 1.807) is 0 Å². The lowest BCUT2D eigenvalue weighted by Crippen LogP contribution is -2.61. The van der Waals surface area contributed by atoms with Gasteiger partial charge in [-0.1, -0.05) is 122 Å². The van der Waals surface area contributed by atoms with Crippen molar-refractivity contribution in [3.63, 3.8) is 0 Å². The number of hydrogen-bond donors (Lipinski definition) is 7. The minimum Gasteiger partial charge on any atom is -0.457 e. The number of hydrogen-bond acceptors (Lipinski definition) is 14. The van der Waals surface area contributed by atoms with Crippen molar-refractivity contribution >= 4 is 5.97 Å². The Morgan fingerprint density at radius 3 is 1.61 bits per heavy atom. The Morgan fingerprint density at radius 1 is 0.561 bits per heavy atom. The molecule has 11 unspecified atom stereocenters. The van der Waals surface area contributed by atoms with Gasteiger partial charge in [0.15, 0.2) is 12.6 Å². The number of carbonyl (C=O) groups excluding carboxylic acids is 1. The number of allylic oxidation sites excluding steroid dienone is 2. The number of ether oxygens (including phenoxy) is 6. The van der Waals surface area contributed by atoms with E-state index >= 15 is 0 Å². The summed E-state index contributed by atoms with van der Waals surface area (Å²) in [6.45, 7) is 3.63. The highest BCUT2D eigenvalue weighted by Crippen LogP contribution is 2.26. The predicted molar refractivity (Wildman–Crippen MR) is 215 cm³/mol. The Bertz CT molecular complexity index is 1000. The molecule has 0 aromatic carbocycles. The number of aliphatic hydroxyl groups is 7. The fraction of sp³-hybridized carbons (Fsp3) is 0.930. The van der Waals surface area contributed by atoms with Crippen LogP contribution in [0.1, 0.15) is 155 Å². The number of unbranched alkanes of at least 4 members (excludes halogenated alkanes) is 18. The first-order chi connectivity index (χ1) is 27.6. The molecule has 0 aromatic rings. The van der Waals surface area contributed by atoms with Crippen molar-refractivity contribution in [2.75, 3.05) is 33.0 Å². The van der Waals surface area contributed by atoms with E-state index in [1.165, 1.54) is 83.5 Å². The topological polar surface area (TPSA) is 214 Å². The molecule has 2 heterocycles. The molecule has 11 atom stereocenters. The lowest BCUT2D eigenvalue weighted by molar-refractivity contribution is -0.332. The molecule has 14 nitrogen and oxygen atoms in total. The zero-order chi connectivity index (χ0) is 41.7. The fourth-order valence-electron chi connectivity index (χ4n) is 7.04. The molecule has 7 N–H and O–H groups in total. The average molecular weight is 821 g/mol. The summed E-state index contributed by atoms with van der Waals surface area (Å²) in [6.07, 6.45) is 12.9. The molecule has 2 aliphatic heterocycles. The third kappa shape index (κ3) is 21.7. The highest BCUT2D eigenvalue weighted by molar-refractivity contribution is 5.69. The van der Waals surface area contributed by atoms with Gasteiger partial charge in [0.25, 0.3) is 0 Å². The lowest BCUT2D eigenvalue weighted by Gasteiger charge is -2.42. The van der Waals surface area contributed by atoms with Gasteiger partial charge in [-0.15, -0.1) is 0 Å². The van der Waals surface area contributed by atoms with Gasteiger partial charge in [-0.3, -0.25) is 4.79 Å². The average Bonchev–Trinajstić information content (AvgIpc) is 3.20. The quantitative estimate of drug-likeness (QED) is 0.0266. The van der Waals surface area contributed by atoms with Gasteiger partial charge in [0.05, 0.1) is 26.4 Å². The van der Waals surface area contributed by atoms with Crippen molar-refractivity contribution in [1.82, 2.24) is 0 Å². The standard InChI is InChI=1S/C43H80O14/c1-3-5-7-9-11-13-14-15-16-17-19-21-23-25-27-52-29-32(55-35(45)26-24-22-20-18-12-10-8-6-4-2)30-53-42-41(51)39(49)37(47)34(57-42)31-54-43-40(50)38(48)36(46)33(28-44)56-43/h13-14,32-34,36-44,46-51H,3-12,15-31H2,1-2H3/b14-13-. The second-order valence-electron chi connectivity index (χ2n) is 15.9. The molecule has 57 heavy (non-hydrogen) atoms. The first-order valence-corrected chi connectivity index (χ1v) is 22.3. The van der Waals surface area contributed by atoms with Crippen molar-refractivity contribution in [2.45, 2.75) is 223 Å². The van der Waals surface area contributed by atoms with Gasteiger partial charge in [0.1, 0.15) is 54.9 Å². The molecule has 2 rings (SSSR count). The van der Waals surface area contributed by atoms with E-state index < -0.39 is 80.7 Å². The van der Waals surface area contributed by atoms with Crippen LogP contribution in [0.25, 0.3) is 0 Å². The van der Waals surface area contributed by atoms with Crippen LogP contribution < -0.4 is 0 Å². The maximum absolute atomic E-state index is 12.9. The Hall–Kier alpha value is -1.27. The minimum atomic E-state index is -1.70. The second-order valence-corrected chi connectivity index (χ2v) is 15.9. The summed E-state index contributed by atoms with van der Waals surface area (Å²) in [6, 6.07) is 0. The largest absolute Gasteiger partial charge is 0.457 e. The zero-order valence-electron chi connectivity index (χ0n) is 35.1. The third-order valence-corrected chi connectivity index (χ3v) is 10.8. The van der Waals surface area contributed by atoms with Crippen LogP contribution in [0.5, 0.6) is 0 Å². The van der Waals surface area contributed by atoms with Crippen LogP contribution in [-0.4, -0.2) is 142 Å². The van der Waals surface area contributed by atoms with E-state index in [2.05, 4.69) is 26.0 Å². The van der Waals surface area contributed by atoms with Crippen molar-refractivity contribution in [1.29, 1.82) is 0 Å². The zero-order valence-corrected chi connectivity index (χ0v) is 35.1. The SMILES string of the molecule is CCCCCC/C=C\CCCCCCCCOCC(COC1OC(COC2OC(CO)C(O)C(O)C2O)C(O)C(O)C1O)OC(=O)CCCCCCCCCCC. The summed E-state index contributed by atoms with van der Waals surface area (Å²) in [4.78, 5) is 12.9. The second kappa shape index (κ2) is 32.5. The highest BCUT2D eigenvalue weighted by Gasteiger charge is 2.47. The molecule has 0 bridgehead atoms. The van der Waals surface area contributed by atoms with E-state index in [4.69, 9.17) is 28.4 Å². The fourth-order valence-corrected chi connectivity index (χ4v) is 7.04. The van der Waals surface area contributed by atoms with Gasteiger partial charge in [-0.25, -0.2) is 0 Å². The van der Waals surface area contributed by atoms with E-state index in [-0.39, 0.29) is 25.6 Å². The molecular weight excluding hydrogens is 740 g/mol. The van der Waals surface area contributed by atoms with Crippen LogP contribution in [0, 0.1) is 0 Å². The Morgan fingerprint density at radius 2 is 1.04 bits per heavy atom. The molecule has 14 heteroatoms. The van der Waals surface area contributed by atoms with E-state index in [9.17, 15) is 40.5 Å². The van der Waals surface area contributed by atoms with Crippen LogP contribution in [0.2, 0.25) is 0 Å². The summed E-state index contributed by atoms with van der Waals surface area (Å²) in [5, 5.41) is 71.8. The van der Waals surface area contributed by atoms with Gasteiger partial charge in [-0.2, -0.15) is 0 Å². The minimum absolute atomic E-state index is 0.0614. The third-order valence-electron chi connectivity index (χ3n) is 10.8. The number of rotatable bonds is 34. The van der Waals surface area contributed by atoms with Crippen molar-refractivity contribution < 1.29 is 69.0 Å². The molecule has 0 aliphatic carbocycles. The van der Waals surface area contributed by atoms with Crippen molar-refractivity contribution in [3.8, 4) is 0 Å². The van der Waals surface area contributed by atoms with Gasteiger partial charge < -0.3 is 64.2 Å². The smallest absolute Gasteiger partial charge is 0.306 e. The molecule has 336 valence electrons. The first kappa shape index (κ1) is 51.9. The van der Waals surface area contributed by atoms with Crippen LogP contribution >= 0.6 is 0 Å². The molecule has 0 amide bonds. The Labute approximate surface area is 342 Å². The van der Waals surface area contributed by atoms with Crippen LogP contribution in [-0.2, 0) is 33.2 Å². The summed E-state index contributed by atoms with van der Waals surface area (Å²) in [5.41, 5.74) is 0. The normalized spacial score (nSPS) is 28.6. The maximum Gasteiger partial charge on any atom is 0.306 e. The molecule has 0 aromatic heterocycles. The molecule has 2 saturated heterocycles. The summed E-state index contributed by atoms with van der Waals surface area (Å²) < 4.78 is 34.1. The molecule has 0 spiro atoms. The number of carbonyl (C=O) groups is 1. The van der Waals surface area contributed by atoms with Gasteiger partial charge in [-0.05, 0) is 38.5 Å². The lowest BCUT2D eigenvalue weighted by atomic mass is 9.98. The maximum atomic E-state index is 12.9. The van der Waals surface area contributed by atoms with Gasteiger partial charge in [0.2, 0.25) is 0 Å². The Balaban J connectivity index is 1.82. The number of esters is 1. The van der Waals surface area contributed by atoms with Crippen molar-refractivity contribution in [2.24, 2.45) is 0 Å². The van der Waals surface area contributed by atoms with E-state index in [1.807, 2.05) is 0 Å². The molecule has 2 aliphatic rings. The highest BCUT2D eigenvalue weighted by atomic mass is 16.7. The summed E-state index contributed by atoms with van der Waals surface area (Å²) in [7, 11) is 0. The molecule has 2 fully saturated rings. The first-order valence-electron chi connectivity index (χ1n) is 22.3. The summed E-state index contributed by atoms with van der Waals surface area (Å²) in [5.74, 6) is -0.382. The van der Waals surface area contributed by atoms with Gasteiger partial charge in [0, 0.05) is 13.0 Å². The molecule has 0 saturated carbocycles. The monoisotopic (exact) mass is 821 g/mol. The van der Waals surface area contributed by atoms with Crippen LogP contribution in [0.4, 0.5) is 0 Å². The van der Waals surface area contributed by atoms with Crippen LogP contribution in [0.15, 0.2) is 12.2 Å². The van der Waals surface area contributed by atoms with E-state index in [0.29, 0.717) is 13.0 Å². The summed E-state index contributed by atoms with van der Waals surface area (Å²) >= 11 is 0. The molecule has 0 radical (unpaired) electrons. The number of aliphatic hydroxyl groups excluding tert-OH is 7.